The summed E-state index contributed by atoms with van der Waals surface area (Å²) in [5.74, 6) is 1.74. The number of rotatable bonds is 5. The predicted octanol–water partition coefficient (Wildman–Crippen LogP) is 4.41. The molecule has 4 rings (SSSR count). The summed E-state index contributed by atoms with van der Waals surface area (Å²) in [7, 11) is 1.96. The minimum absolute atomic E-state index is 0.320. The molecule has 2 aromatic heterocycles. The monoisotopic (exact) mass is 379 g/mol. The van der Waals surface area contributed by atoms with E-state index in [1.54, 1.807) is 24.4 Å². The zero-order chi connectivity index (χ0) is 18.8. The van der Waals surface area contributed by atoms with Crippen LogP contribution in [-0.4, -0.2) is 24.3 Å². The summed E-state index contributed by atoms with van der Waals surface area (Å²) in [5, 5.41) is 9.32. The van der Waals surface area contributed by atoms with Crippen LogP contribution in [0.15, 0.2) is 66.1 Å². The standard InChI is InChI=1S/C20H18FN5S/c1-14-7-9-15(10-8-14)26-19(16-5-3-4-6-17(16)21)23-24-20(26)27-13-18-22-11-12-25(18)2/h3-12H,13H2,1-2H3. The molecule has 0 N–H and O–H groups in total. The Morgan fingerprint density at radius 2 is 1.81 bits per heavy atom. The highest BCUT2D eigenvalue weighted by Gasteiger charge is 2.19. The Kier molecular flexibility index (Phi) is 4.77. The first kappa shape index (κ1) is 17.5. The van der Waals surface area contributed by atoms with Crippen molar-refractivity contribution in [1.82, 2.24) is 24.3 Å². The van der Waals surface area contributed by atoms with E-state index in [0.717, 1.165) is 17.1 Å². The van der Waals surface area contributed by atoms with Gasteiger partial charge in [0.2, 0.25) is 0 Å². The maximum absolute atomic E-state index is 14.4. The van der Waals surface area contributed by atoms with Crippen LogP contribution >= 0.6 is 11.8 Å². The lowest BCUT2D eigenvalue weighted by atomic mass is 10.2. The van der Waals surface area contributed by atoms with Gasteiger partial charge in [-0.2, -0.15) is 0 Å². The number of hydrogen-bond acceptors (Lipinski definition) is 4. The third-order valence-corrected chi connectivity index (χ3v) is 5.22. The fraction of sp³-hybridized carbons (Fsp3) is 0.150. The Balaban J connectivity index is 1.78. The van der Waals surface area contributed by atoms with Crippen molar-refractivity contribution in [3.05, 3.63) is 78.1 Å². The maximum atomic E-state index is 14.4. The van der Waals surface area contributed by atoms with Gasteiger partial charge in [0.05, 0.1) is 11.3 Å². The summed E-state index contributed by atoms with van der Waals surface area (Å²) in [4.78, 5) is 4.35. The van der Waals surface area contributed by atoms with E-state index < -0.39 is 0 Å². The molecule has 0 radical (unpaired) electrons. The Morgan fingerprint density at radius 3 is 2.52 bits per heavy atom. The third-order valence-electron chi connectivity index (χ3n) is 4.29. The van der Waals surface area contributed by atoms with Crippen LogP contribution in [0, 0.1) is 12.7 Å². The van der Waals surface area contributed by atoms with E-state index in [9.17, 15) is 4.39 Å². The second kappa shape index (κ2) is 7.36. The highest BCUT2D eigenvalue weighted by Crippen LogP contribution is 2.30. The van der Waals surface area contributed by atoms with Crippen molar-refractivity contribution in [3.63, 3.8) is 0 Å². The van der Waals surface area contributed by atoms with Gasteiger partial charge in [-0.05, 0) is 31.2 Å². The van der Waals surface area contributed by atoms with Gasteiger partial charge in [0, 0.05) is 25.1 Å². The van der Waals surface area contributed by atoms with E-state index in [1.165, 1.54) is 17.8 Å². The van der Waals surface area contributed by atoms with Gasteiger partial charge in [0.15, 0.2) is 11.0 Å². The molecule has 0 unspecified atom stereocenters. The van der Waals surface area contributed by atoms with Crippen molar-refractivity contribution in [2.45, 2.75) is 17.8 Å². The topological polar surface area (TPSA) is 48.5 Å². The maximum Gasteiger partial charge on any atom is 0.196 e. The molecule has 4 aromatic rings. The van der Waals surface area contributed by atoms with Gasteiger partial charge in [-0.15, -0.1) is 10.2 Å². The zero-order valence-corrected chi connectivity index (χ0v) is 15.8. The highest BCUT2D eigenvalue weighted by atomic mass is 32.2. The van der Waals surface area contributed by atoms with Crippen molar-refractivity contribution >= 4 is 11.8 Å². The first-order valence-corrected chi connectivity index (χ1v) is 9.48. The van der Waals surface area contributed by atoms with Crippen molar-refractivity contribution in [1.29, 1.82) is 0 Å². The minimum atomic E-state index is -0.320. The summed E-state index contributed by atoms with van der Waals surface area (Å²) < 4.78 is 18.3. The molecule has 0 spiro atoms. The van der Waals surface area contributed by atoms with Crippen LogP contribution in [-0.2, 0) is 12.8 Å². The van der Waals surface area contributed by atoms with E-state index in [1.807, 2.05) is 53.6 Å². The fourth-order valence-electron chi connectivity index (χ4n) is 2.77. The molecule has 0 atom stereocenters. The number of benzene rings is 2. The van der Waals surface area contributed by atoms with Crippen molar-refractivity contribution in [3.8, 4) is 17.1 Å². The smallest absolute Gasteiger partial charge is 0.196 e. The van der Waals surface area contributed by atoms with Crippen LogP contribution < -0.4 is 0 Å². The molecule has 0 saturated heterocycles. The van der Waals surface area contributed by atoms with Gasteiger partial charge in [0.25, 0.3) is 0 Å². The average molecular weight is 379 g/mol. The molecule has 2 heterocycles. The molecular weight excluding hydrogens is 361 g/mol. The molecule has 0 aliphatic heterocycles. The Bertz CT molecular complexity index is 1070. The summed E-state index contributed by atoms with van der Waals surface area (Å²) in [5.41, 5.74) is 2.47. The SMILES string of the molecule is Cc1ccc(-n2c(SCc3nccn3C)nnc2-c2ccccc2F)cc1. The number of aromatic nitrogens is 5. The zero-order valence-electron chi connectivity index (χ0n) is 15.0. The largest absolute Gasteiger partial charge is 0.337 e. The molecule has 7 heteroatoms. The number of thioether (sulfide) groups is 1. The van der Waals surface area contributed by atoms with E-state index in [4.69, 9.17) is 0 Å². The molecule has 0 saturated carbocycles. The van der Waals surface area contributed by atoms with Gasteiger partial charge in [-0.1, -0.05) is 41.6 Å². The van der Waals surface area contributed by atoms with E-state index >= 15 is 0 Å². The summed E-state index contributed by atoms with van der Waals surface area (Å²) in [6.07, 6.45) is 3.68. The van der Waals surface area contributed by atoms with Gasteiger partial charge in [0.1, 0.15) is 11.6 Å². The summed E-state index contributed by atoms with van der Waals surface area (Å²) in [6, 6.07) is 14.7. The minimum Gasteiger partial charge on any atom is -0.337 e. The molecule has 0 fully saturated rings. The van der Waals surface area contributed by atoms with Gasteiger partial charge in [-0.25, -0.2) is 9.37 Å². The van der Waals surface area contributed by atoms with Gasteiger partial charge < -0.3 is 4.57 Å². The Morgan fingerprint density at radius 1 is 1.04 bits per heavy atom. The van der Waals surface area contributed by atoms with Crippen LogP contribution in [0.1, 0.15) is 11.4 Å². The van der Waals surface area contributed by atoms with Crippen molar-refractivity contribution in [2.75, 3.05) is 0 Å². The molecule has 0 bridgehead atoms. The number of nitrogens with zero attached hydrogens (tertiary/aromatic N) is 5. The molecule has 2 aromatic carbocycles. The van der Waals surface area contributed by atoms with Crippen LogP contribution in [0.4, 0.5) is 4.39 Å². The lowest BCUT2D eigenvalue weighted by Crippen LogP contribution is -2.02. The lowest BCUT2D eigenvalue weighted by Gasteiger charge is -2.11. The second-order valence-corrected chi connectivity index (χ2v) is 7.14. The first-order valence-electron chi connectivity index (χ1n) is 8.50. The van der Waals surface area contributed by atoms with Crippen LogP contribution in [0.2, 0.25) is 0 Å². The highest BCUT2D eigenvalue weighted by molar-refractivity contribution is 7.98. The number of halogens is 1. The van der Waals surface area contributed by atoms with Crippen LogP contribution in [0.3, 0.4) is 0 Å². The van der Waals surface area contributed by atoms with Crippen molar-refractivity contribution in [2.24, 2.45) is 7.05 Å². The Labute approximate surface area is 160 Å². The summed E-state index contributed by atoms with van der Waals surface area (Å²) >= 11 is 1.52. The number of hydrogen-bond donors (Lipinski definition) is 0. The van der Waals surface area contributed by atoms with E-state index in [2.05, 4.69) is 15.2 Å². The van der Waals surface area contributed by atoms with Crippen molar-refractivity contribution < 1.29 is 4.39 Å². The second-order valence-electron chi connectivity index (χ2n) is 6.20. The first-order chi connectivity index (χ1) is 13.1. The lowest BCUT2D eigenvalue weighted by molar-refractivity contribution is 0.629. The van der Waals surface area contributed by atoms with Gasteiger partial charge in [-0.3, -0.25) is 4.57 Å². The molecule has 136 valence electrons. The molecule has 0 amide bonds. The summed E-state index contributed by atoms with van der Waals surface area (Å²) in [6.45, 7) is 2.03. The molecule has 0 aliphatic carbocycles. The van der Waals surface area contributed by atoms with Crippen LogP contribution in [0.5, 0.6) is 0 Å². The van der Waals surface area contributed by atoms with Crippen LogP contribution in [0.25, 0.3) is 17.1 Å². The van der Waals surface area contributed by atoms with E-state index in [-0.39, 0.29) is 5.82 Å². The van der Waals surface area contributed by atoms with Gasteiger partial charge >= 0.3 is 0 Å². The molecular formula is C20H18FN5S. The normalized spacial score (nSPS) is 11.1. The predicted molar refractivity (Wildman–Crippen MR) is 104 cm³/mol. The van der Waals surface area contributed by atoms with E-state index in [0.29, 0.717) is 22.3 Å². The molecule has 27 heavy (non-hydrogen) atoms. The fourth-order valence-corrected chi connectivity index (χ4v) is 3.73. The Hall–Kier alpha value is -2.93. The quantitative estimate of drug-likeness (QED) is 0.482. The molecule has 0 aliphatic rings. The molecule has 5 nitrogen and oxygen atoms in total. The number of aryl methyl sites for hydroxylation is 2. The third kappa shape index (κ3) is 3.50. The number of imidazole rings is 1. The average Bonchev–Trinajstić information content (AvgIpc) is 3.27.